The largest absolute Gasteiger partial charge is 0.362 e. The number of allylic oxidation sites excluding steroid dienone is 3. The zero-order chi connectivity index (χ0) is 21.4. The molecule has 1 amide bonds. The molecule has 4 rings (SSSR count). The molecule has 0 spiro atoms. The van der Waals surface area contributed by atoms with Gasteiger partial charge in [0.2, 0.25) is 0 Å². The first-order valence-electron chi connectivity index (χ1n) is 9.70. The highest BCUT2D eigenvalue weighted by Crippen LogP contribution is 2.47. The van der Waals surface area contributed by atoms with Crippen LogP contribution in [0.4, 0.5) is 5.82 Å². The Labute approximate surface area is 192 Å². The van der Waals surface area contributed by atoms with Gasteiger partial charge in [-0.2, -0.15) is 0 Å². The van der Waals surface area contributed by atoms with E-state index in [-0.39, 0.29) is 17.6 Å². The molecule has 2 aliphatic rings. The lowest BCUT2D eigenvalue weighted by Gasteiger charge is -2.34. The lowest BCUT2D eigenvalue weighted by atomic mass is 9.75. The van der Waals surface area contributed by atoms with E-state index in [0.29, 0.717) is 17.8 Å². The second-order valence-corrected chi connectivity index (χ2v) is 10.6. The van der Waals surface area contributed by atoms with Crippen molar-refractivity contribution in [3.8, 4) is 0 Å². The van der Waals surface area contributed by atoms with E-state index in [1.165, 1.54) is 4.88 Å². The van der Waals surface area contributed by atoms with Crippen molar-refractivity contribution in [2.24, 2.45) is 0 Å². The topological polar surface area (TPSA) is 71.1 Å². The van der Waals surface area contributed by atoms with Gasteiger partial charge in [-0.3, -0.25) is 9.59 Å². The molecule has 0 bridgehead atoms. The average Bonchev–Trinajstić information content (AvgIpc) is 3.09. The number of aromatic nitrogens is 1. The third kappa shape index (κ3) is 4.00. The molecule has 3 heterocycles. The van der Waals surface area contributed by atoms with Gasteiger partial charge in [0.25, 0.3) is 5.91 Å². The maximum Gasteiger partial charge on any atom is 0.255 e. The number of thioether (sulfide) groups is 1. The number of amides is 1. The van der Waals surface area contributed by atoms with Crippen molar-refractivity contribution in [2.75, 3.05) is 11.6 Å². The summed E-state index contributed by atoms with van der Waals surface area (Å²) in [5.74, 6) is 0.00496. The summed E-state index contributed by atoms with van der Waals surface area (Å²) in [5, 5.41) is 6.28. The molecule has 0 fully saturated rings. The zero-order valence-corrected chi connectivity index (χ0v) is 20.2. The predicted octanol–water partition coefficient (Wildman–Crippen LogP) is 5.54. The van der Waals surface area contributed by atoms with Crippen molar-refractivity contribution in [3.63, 3.8) is 0 Å². The summed E-state index contributed by atoms with van der Waals surface area (Å²) in [4.78, 5) is 31.9. The number of anilines is 1. The lowest BCUT2D eigenvalue weighted by molar-refractivity contribution is -0.116. The molecule has 8 heteroatoms. The molecule has 0 aromatic carbocycles. The van der Waals surface area contributed by atoms with Crippen LogP contribution in [-0.4, -0.2) is 22.9 Å². The minimum absolute atomic E-state index is 0.129. The van der Waals surface area contributed by atoms with Crippen LogP contribution < -0.4 is 10.6 Å². The number of rotatable bonds is 4. The van der Waals surface area contributed by atoms with Crippen LogP contribution >= 0.6 is 39.0 Å². The fourth-order valence-electron chi connectivity index (χ4n) is 4.10. The maximum atomic E-state index is 13.4. The van der Waals surface area contributed by atoms with Gasteiger partial charge in [-0.1, -0.05) is 0 Å². The summed E-state index contributed by atoms with van der Waals surface area (Å²) in [6.45, 7) is 3.98. The van der Waals surface area contributed by atoms with Gasteiger partial charge in [0, 0.05) is 50.4 Å². The van der Waals surface area contributed by atoms with Crippen LogP contribution in [0.5, 0.6) is 0 Å². The molecule has 0 radical (unpaired) electrons. The summed E-state index contributed by atoms with van der Waals surface area (Å²) in [6.07, 6.45) is 5.88. The van der Waals surface area contributed by atoms with Gasteiger partial charge < -0.3 is 10.6 Å². The highest BCUT2D eigenvalue weighted by molar-refractivity contribution is 9.10. The van der Waals surface area contributed by atoms with E-state index in [4.69, 9.17) is 0 Å². The Morgan fingerprint density at radius 3 is 2.83 bits per heavy atom. The third-order valence-corrected chi connectivity index (χ3v) is 8.02. The van der Waals surface area contributed by atoms with Gasteiger partial charge in [0.05, 0.1) is 4.21 Å². The fourth-order valence-corrected chi connectivity index (χ4v) is 6.25. The number of carbonyl (C=O) groups excluding carboxylic acids is 2. The molecule has 30 heavy (non-hydrogen) atoms. The van der Waals surface area contributed by atoms with Crippen LogP contribution in [0.3, 0.4) is 0 Å². The summed E-state index contributed by atoms with van der Waals surface area (Å²) < 4.78 is 1.98. The lowest BCUT2D eigenvalue weighted by Crippen LogP contribution is -2.35. The number of thiophene rings is 1. The Balaban J connectivity index is 1.81. The molecule has 2 aromatic heterocycles. The molecule has 2 N–H and O–H groups in total. The van der Waals surface area contributed by atoms with Crippen molar-refractivity contribution >= 4 is 56.5 Å². The Morgan fingerprint density at radius 1 is 1.33 bits per heavy atom. The second kappa shape index (κ2) is 8.69. The van der Waals surface area contributed by atoms with Gasteiger partial charge in [-0.05, 0) is 72.6 Å². The molecule has 0 unspecified atom stereocenters. The van der Waals surface area contributed by atoms with Gasteiger partial charge in [-0.25, -0.2) is 4.98 Å². The molecular formula is C22H22BrN3O2S2. The Hall–Kier alpha value is -1.90. The van der Waals surface area contributed by atoms with Gasteiger partial charge in [-0.15, -0.1) is 23.1 Å². The highest BCUT2D eigenvalue weighted by Gasteiger charge is 2.39. The summed E-state index contributed by atoms with van der Waals surface area (Å²) in [5.41, 5.74) is 4.13. The molecule has 156 valence electrons. The highest BCUT2D eigenvalue weighted by atomic mass is 79.9. The van der Waals surface area contributed by atoms with Crippen LogP contribution in [0.25, 0.3) is 0 Å². The second-order valence-electron chi connectivity index (χ2n) is 7.39. The molecule has 2 aromatic rings. The number of ketones is 1. The normalized spacial score (nSPS) is 18.9. The molecule has 1 aliphatic heterocycles. The molecule has 1 aliphatic carbocycles. The first-order valence-corrected chi connectivity index (χ1v) is 12.5. The molecule has 0 saturated heterocycles. The Kier molecular flexibility index (Phi) is 6.18. The van der Waals surface area contributed by atoms with Crippen LogP contribution in [-0.2, 0) is 9.59 Å². The van der Waals surface area contributed by atoms with Crippen LogP contribution in [0, 0.1) is 6.92 Å². The number of Topliss-reactive ketones (excluding diaryl/α,β-unsaturated/α-hetero) is 1. The first kappa shape index (κ1) is 21.3. The van der Waals surface area contributed by atoms with E-state index >= 15 is 0 Å². The number of carbonyl (C=O) groups is 2. The van der Waals surface area contributed by atoms with Crippen LogP contribution in [0.1, 0.15) is 42.5 Å². The Bertz CT molecular complexity index is 1090. The molecule has 0 saturated carbocycles. The van der Waals surface area contributed by atoms with Crippen LogP contribution in [0.2, 0.25) is 0 Å². The van der Waals surface area contributed by atoms with Crippen LogP contribution in [0.15, 0.2) is 55.6 Å². The smallest absolute Gasteiger partial charge is 0.255 e. The maximum absolute atomic E-state index is 13.4. The minimum atomic E-state index is -0.364. The van der Waals surface area contributed by atoms with E-state index in [0.717, 1.165) is 44.1 Å². The summed E-state index contributed by atoms with van der Waals surface area (Å²) in [6, 6.07) is 5.71. The van der Waals surface area contributed by atoms with Crippen molar-refractivity contribution < 1.29 is 9.59 Å². The number of hydrogen-bond acceptors (Lipinski definition) is 6. The first-order chi connectivity index (χ1) is 14.4. The quantitative estimate of drug-likeness (QED) is 0.535. The standard InChI is InChI=1S/C22H22BrN3O2S2/c1-11-9-14(22(29-3)30-11)19-18(21(28)26-17-8-7-13(23)10-24-17)12(2)25-15-5-4-6-16(27)20(15)19/h7-10,19,25H,4-6H2,1-3H3,(H,24,26,28)/t19-/m0/s1. The van der Waals surface area contributed by atoms with Gasteiger partial charge in [0.1, 0.15) is 5.82 Å². The number of halogens is 1. The average molecular weight is 504 g/mol. The molecule has 5 nitrogen and oxygen atoms in total. The Morgan fingerprint density at radius 2 is 2.13 bits per heavy atom. The van der Waals surface area contributed by atoms with E-state index in [2.05, 4.69) is 44.5 Å². The monoisotopic (exact) mass is 503 g/mol. The molecular weight excluding hydrogens is 482 g/mol. The number of dihydropyridines is 1. The minimum Gasteiger partial charge on any atom is -0.362 e. The third-order valence-electron chi connectivity index (χ3n) is 5.33. The van der Waals surface area contributed by atoms with E-state index in [9.17, 15) is 9.59 Å². The van der Waals surface area contributed by atoms with E-state index < -0.39 is 0 Å². The number of aryl methyl sites for hydroxylation is 1. The van der Waals surface area contributed by atoms with E-state index in [1.807, 2.05) is 19.2 Å². The number of nitrogens with zero attached hydrogens (tertiary/aromatic N) is 1. The van der Waals surface area contributed by atoms with Gasteiger partial charge in [0.15, 0.2) is 5.78 Å². The number of nitrogens with one attached hydrogen (secondary N) is 2. The van der Waals surface area contributed by atoms with Crippen molar-refractivity contribution in [1.29, 1.82) is 0 Å². The van der Waals surface area contributed by atoms with Crippen molar-refractivity contribution in [2.45, 2.75) is 43.2 Å². The fraction of sp³-hybridized carbons (Fsp3) is 0.318. The van der Waals surface area contributed by atoms with Crippen molar-refractivity contribution in [3.05, 3.63) is 61.8 Å². The summed E-state index contributed by atoms with van der Waals surface area (Å²) in [7, 11) is 0. The molecule has 1 atom stereocenters. The van der Waals surface area contributed by atoms with Gasteiger partial charge >= 0.3 is 0 Å². The zero-order valence-electron chi connectivity index (χ0n) is 17.0. The van der Waals surface area contributed by atoms with E-state index in [1.54, 1.807) is 35.4 Å². The number of hydrogen-bond donors (Lipinski definition) is 2. The SMILES string of the molecule is CSc1sc(C)cc1[C@H]1C(C(=O)Nc2ccc(Br)cn2)=C(C)NC2=C1C(=O)CCC2. The predicted molar refractivity (Wildman–Crippen MR) is 126 cm³/mol. The van der Waals surface area contributed by atoms with Crippen molar-refractivity contribution in [1.82, 2.24) is 10.3 Å². The number of pyridine rings is 1. The summed E-state index contributed by atoms with van der Waals surface area (Å²) >= 11 is 6.73.